The highest BCUT2D eigenvalue weighted by atomic mass is 32.1. The molecule has 0 radical (unpaired) electrons. The summed E-state index contributed by atoms with van der Waals surface area (Å²) in [6.45, 7) is 0. The smallest absolute Gasteiger partial charge is 0.330 e. The van der Waals surface area contributed by atoms with Gasteiger partial charge in [-0.05, 0) is 17.9 Å². The summed E-state index contributed by atoms with van der Waals surface area (Å²) in [7, 11) is -4.30. The summed E-state index contributed by atoms with van der Waals surface area (Å²) in [5, 5.41) is 22.0. The summed E-state index contributed by atoms with van der Waals surface area (Å²) in [4.78, 5) is 44.8. The van der Waals surface area contributed by atoms with E-state index in [9.17, 15) is 24.4 Å². The molecular formula is C14H17N2O8PS. The number of H-pyrrole nitrogens is 1. The van der Waals surface area contributed by atoms with E-state index in [0.29, 0.717) is 4.88 Å². The highest BCUT2D eigenvalue weighted by molar-refractivity contribution is 7.51. The molecule has 2 aromatic heterocycles. The van der Waals surface area contributed by atoms with E-state index in [1.54, 1.807) is 17.5 Å². The zero-order valence-electron chi connectivity index (χ0n) is 13.3. The molecule has 0 amide bonds. The highest BCUT2D eigenvalue weighted by Gasteiger charge is 2.44. The lowest BCUT2D eigenvalue weighted by Gasteiger charge is -2.18. The van der Waals surface area contributed by atoms with Crippen LogP contribution in [0.3, 0.4) is 0 Å². The highest BCUT2D eigenvalue weighted by Crippen LogP contribution is 2.38. The third kappa shape index (κ3) is 3.89. The van der Waals surface area contributed by atoms with Crippen LogP contribution in [0.4, 0.5) is 0 Å². The molecule has 2 aromatic rings. The van der Waals surface area contributed by atoms with Gasteiger partial charge in [-0.25, -0.2) is 4.79 Å². The van der Waals surface area contributed by atoms with Crippen LogP contribution in [0.25, 0.3) is 10.4 Å². The van der Waals surface area contributed by atoms with Gasteiger partial charge in [0.15, 0.2) is 6.23 Å². The number of aliphatic hydroxyl groups is 2. The van der Waals surface area contributed by atoms with Crippen LogP contribution in [0.2, 0.25) is 0 Å². The van der Waals surface area contributed by atoms with Gasteiger partial charge >= 0.3 is 13.3 Å². The van der Waals surface area contributed by atoms with Crippen molar-refractivity contribution in [2.75, 3.05) is 6.16 Å². The number of ether oxygens (including phenoxy) is 1. The van der Waals surface area contributed by atoms with Crippen LogP contribution < -0.4 is 11.2 Å². The molecule has 0 bridgehead atoms. The number of aliphatic hydroxyl groups excluding tert-OH is 2. The lowest BCUT2D eigenvalue weighted by molar-refractivity contribution is -0.0404. The molecule has 26 heavy (non-hydrogen) atoms. The van der Waals surface area contributed by atoms with Gasteiger partial charge in [-0.15, -0.1) is 11.3 Å². The molecule has 0 unspecified atom stereocenters. The van der Waals surface area contributed by atoms with Gasteiger partial charge in [-0.3, -0.25) is 18.9 Å². The van der Waals surface area contributed by atoms with Gasteiger partial charge in [0.05, 0.1) is 17.8 Å². The summed E-state index contributed by atoms with van der Waals surface area (Å²) in [5.74, 6) is 0. The van der Waals surface area contributed by atoms with Crippen LogP contribution in [0.5, 0.6) is 0 Å². The fraction of sp³-hybridized carbons (Fsp3) is 0.429. The normalized spacial score (nSPS) is 26.3. The number of nitrogens with zero attached hydrogens (tertiary/aromatic N) is 1. The van der Waals surface area contributed by atoms with Gasteiger partial charge in [0.2, 0.25) is 0 Å². The number of hydrogen-bond donors (Lipinski definition) is 5. The molecule has 10 nitrogen and oxygen atoms in total. The van der Waals surface area contributed by atoms with Crippen molar-refractivity contribution in [1.82, 2.24) is 9.55 Å². The molecule has 1 fully saturated rings. The van der Waals surface area contributed by atoms with Gasteiger partial charge in [0.25, 0.3) is 5.56 Å². The minimum atomic E-state index is -4.30. The number of aromatic amines is 1. The second kappa shape index (κ2) is 7.20. The predicted octanol–water partition coefficient (Wildman–Crippen LogP) is -0.548. The predicted molar refractivity (Wildman–Crippen MR) is 92.1 cm³/mol. The van der Waals surface area contributed by atoms with Gasteiger partial charge in [0, 0.05) is 11.1 Å². The van der Waals surface area contributed by atoms with Crippen molar-refractivity contribution < 1.29 is 29.3 Å². The Labute approximate surface area is 150 Å². The Morgan fingerprint density at radius 3 is 2.62 bits per heavy atom. The molecule has 0 saturated carbocycles. The Morgan fingerprint density at radius 1 is 1.27 bits per heavy atom. The van der Waals surface area contributed by atoms with Crippen molar-refractivity contribution in [1.29, 1.82) is 0 Å². The van der Waals surface area contributed by atoms with E-state index >= 15 is 0 Å². The maximum absolute atomic E-state index is 12.1. The summed E-state index contributed by atoms with van der Waals surface area (Å²) in [6.07, 6.45) is -4.79. The molecule has 1 aliphatic rings. The van der Waals surface area contributed by atoms with Gasteiger partial charge in [-0.1, -0.05) is 6.07 Å². The van der Waals surface area contributed by atoms with Crippen molar-refractivity contribution in [2.45, 2.75) is 31.0 Å². The third-order valence-corrected chi connectivity index (χ3v) is 5.81. The molecule has 1 saturated heterocycles. The summed E-state index contributed by atoms with van der Waals surface area (Å²) < 4.78 is 17.4. The fourth-order valence-corrected chi connectivity index (χ4v) is 4.10. The maximum atomic E-state index is 12.1. The maximum Gasteiger partial charge on any atom is 0.330 e. The number of rotatable bonds is 5. The molecule has 0 aliphatic carbocycles. The molecule has 1 aliphatic heterocycles. The first kappa shape index (κ1) is 19.2. The van der Waals surface area contributed by atoms with Gasteiger partial charge in [0.1, 0.15) is 12.2 Å². The SMILES string of the molecule is O=c1[nH]c(=O)n([C@@H]2O[C@H](CCP(=O)(O)O)[C@@H](O)[C@H]2O)cc1-c1cccs1. The van der Waals surface area contributed by atoms with Gasteiger partial charge in [-0.2, -0.15) is 0 Å². The topological polar surface area (TPSA) is 162 Å². The lowest BCUT2D eigenvalue weighted by Crippen LogP contribution is -2.38. The molecule has 0 spiro atoms. The standard InChI is InChI=1S/C14H17N2O8PS/c17-10-8(3-4-25(21,22)23)24-13(11(10)18)16-6-7(9-2-1-5-26-9)12(19)15-14(16)20/h1-2,5-6,8,10-11,13,17-18H,3-4H2,(H,15,19,20)(H2,21,22,23)/t8-,10-,11-,13-/m1/s1. The van der Waals surface area contributed by atoms with Crippen LogP contribution in [0, 0.1) is 0 Å². The van der Waals surface area contributed by atoms with Crippen LogP contribution in [0.1, 0.15) is 12.6 Å². The van der Waals surface area contributed by atoms with Crippen molar-refractivity contribution in [3.05, 3.63) is 44.5 Å². The van der Waals surface area contributed by atoms with Crippen LogP contribution >= 0.6 is 18.9 Å². The number of aromatic nitrogens is 2. The minimum Gasteiger partial charge on any atom is -0.388 e. The van der Waals surface area contributed by atoms with E-state index in [-0.39, 0.29) is 12.0 Å². The molecule has 3 rings (SSSR count). The van der Waals surface area contributed by atoms with E-state index in [2.05, 4.69) is 4.98 Å². The number of hydrogen-bond acceptors (Lipinski definition) is 7. The van der Waals surface area contributed by atoms with E-state index < -0.39 is 49.5 Å². The average molecular weight is 404 g/mol. The third-order valence-electron chi connectivity index (χ3n) is 4.07. The molecule has 3 heterocycles. The average Bonchev–Trinajstić information content (AvgIpc) is 3.16. The van der Waals surface area contributed by atoms with Crippen molar-refractivity contribution >= 4 is 18.9 Å². The molecule has 142 valence electrons. The Morgan fingerprint density at radius 2 is 2.00 bits per heavy atom. The van der Waals surface area contributed by atoms with Gasteiger partial charge < -0.3 is 24.7 Å². The van der Waals surface area contributed by atoms with Crippen LogP contribution in [0.15, 0.2) is 33.3 Å². The Balaban J connectivity index is 1.91. The quantitative estimate of drug-likeness (QED) is 0.415. The van der Waals surface area contributed by atoms with E-state index in [1.807, 2.05) is 0 Å². The summed E-state index contributed by atoms with van der Waals surface area (Å²) >= 11 is 1.29. The largest absolute Gasteiger partial charge is 0.388 e. The summed E-state index contributed by atoms with van der Waals surface area (Å²) in [5.41, 5.74) is -1.23. The van der Waals surface area contributed by atoms with Crippen LogP contribution in [-0.4, -0.2) is 54.0 Å². The van der Waals surface area contributed by atoms with E-state index in [4.69, 9.17) is 14.5 Å². The molecule has 12 heteroatoms. The zero-order chi connectivity index (χ0) is 19.1. The fourth-order valence-electron chi connectivity index (χ4n) is 2.77. The second-order valence-corrected chi connectivity index (χ2v) is 8.63. The minimum absolute atomic E-state index is 0.198. The lowest BCUT2D eigenvalue weighted by atomic mass is 10.1. The van der Waals surface area contributed by atoms with Crippen LogP contribution in [-0.2, 0) is 9.30 Å². The molecular weight excluding hydrogens is 387 g/mol. The van der Waals surface area contributed by atoms with Crippen molar-refractivity contribution in [3.63, 3.8) is 0 Å². The molecule has 4 atom stereocenters. The Hall–Kier alpha value is -1.59. The molecule has 0 aromatic carbocycles. The summed E-state index contributed by atoms with van der Waals surface area (Å²) in [6, 6.07) is 3.42. The molecule has 5 N–H and O–H groups in total. The van der Waals surface area contributed by atoms with Crippen molar-refractivity contribution in [3.8, 4) is 10.4 Å². The first-order chi connectivity index (χ1) is 12.2. The second-order valence-electron chi connectivity index (χ2n) is 5.91. The first-order valence-corrected chi connectivity index (χ1v) is 10.3. The Kier molecular flexibility index (Phi) is 5.31. The zero-order valence-corrected chi connectivity index (χ0v) is 15.0. The van der Waals surface area contributed by atoms with E-state index in [0.717, 1.165) is 4.57 Å². The van der Waals surface area contributed by atoms with Crippen molar-refractivity contribution in [2.24, 2.45) is 0 Å². The number of thiophene rings is 1. The number of nitrogens with one attached hydrogen (secondary N) is 1. The Bertz CT molecular complexity index is 933. The first-order valence-electron chi connectivity index (χ1n) is 7.63. The monoisotopic (exact) mass is 404 g/mol. The van der Waals surface area contributed by atoms with E-state index in [1.165, 1.54) is 17.5 Å².